The van der Waals surface area contributed by atoms with Gasteiger partial charge in [-0.2, -0.15) is 4.99 Å². The fourth-order valence-electron chi connectivity index (χ4n) is 4.08. The maximum Gasteiger partial charge on any atom is 0.283 e. The Morgan fingerprint density at radius 3 is 2.74 bits per heavy atom. The standard InChI is InChI=1S/C26H29F2N3O3S/c1-16-22(26(2,3)4)35-25(31(16)15-18-8-7-13-33-18)30-24(32)19-14-17(23(27)28)10-11-20(19)34-21-9-5-6-12-29-21/h5-6,9-12,14,18,23H,7-8,13,15H2,1-4H3/b30-25-. The molecule has 0 aliphatic carbocycles. The highest BCUT2D eigenvalue weighted by atomic mass is 32.1. The van der Waals surface area contributed by atoms with E-state index in [4.69, 9.17) is 9.47 Å². The number of aromatic nitrogens is 2. The molecule has 3 heterocycles. The van der Waals surface area contributed by atoms with E-state index in [0.717, 1.165) is 36.1 Å². The van der Waals surface area contributed by atoms with Crippen molar-refractivity contribution in [3.8, 4) is 11.6 Å². The van der Waals surface area contributed by atoms with Gasteiger partial charge < -0.3 is 14.0 Å². The van der Waals surface area contributed by atoms with Crippen molar-refractivity contribution in [1.29, 1.82) is 0 Å². The largest absolute Gasteiger partial charge is 0.438 e. The number of alkyl halides is 2. The fraction of sp³-hybridized carbons (Fsp3) is 0.423. The Morgan fingerprint density at radius 1 is 1.31 bits per heavy atom. The zero-order chi connectivity index (χ0) is 25.2. The minimum atomic E-state index is -2.73. The van der Waals surface area contributed by atoms with Gasteiger partial charge in [-0.1, -0.05) is 26.8 Å². The molecule has 4 rings (SSSR count). The second-order valence-corrected chi connectivity index (χ2v) is 10.5. The number of pyridine rings is 1. The molecule has 186 valence electrons. The topological polar surface area (TPSA) is 65.7 Å². The molecule has 0 radical (unpaired) electrons. The molecule has 1 aromatic carbocycles. The predicted molar refractivity (Wildman–Crippen MR) is 130 cm³/mol. The minimum Gasteiger partial charge on any atom is -0.438 e. The number of halogens is 2. The summed E-state index contributed by atoms with van der Waals surface area (Å²) in [5, 5.41) is 0. The highest BCUT2D eigenvalue weighted by Gasteiger charge is 2.25. The van der Waals surface area contributed by atoms with Crippen molar-refractivity contribution in [1.82, 2.24) is 9.55 Å². The van der Waals surface area contributed by atoms with E-state index in [2.05, 4.69) is 30.7 Å². The summed E-state index contributed by atoms with van der Waals surface area (Å²) in [6.07, 6.45) is 0.812. The molecule has 1 fully saturated rings. The van der Waals surface area contributed by atoms with E-state index in [1.807, 2.05) is 11.5 Å². The maximum absolute atomic E-state index is 13.5. The SMILES string of the molecule is Cc1c(C(C)(C)C)s/c(=N\C(=O)c2cc(C(F)F)ccc2Oc2ccccn2)n1CC1CCCO1. The zero-order valence-electron chi connectivity index (χ0n) is 20.3. The molecule has 0 N–H and O–H groups in total. The molecule has 1 atom stereocenters. The van der Waals surface area contributed by atoms with Gasteiger partial charge >= 0.3 is 0 Å². The van der Waals surface area contributed by atoms with Crippen LogP contribution in [0.25, 0.3) is 0 Å². The summed E-state index contributed by atoms with van der Waals surface area (Å²) in [6.45, 7) is 9.65. The van der Waals surface area contributed by atoms with Gasteiger partial charge in [0.2, 0.25) is 5.88 Å². The van der Waals surface area contributed by atoms with Gasteiger partial charge in [0.05, 0.1) is 18.2 Å². The molecule has 1 aliphatic rings. The molecule has 0 bridgehead atoms. The van der Waals surface area contributed by atoms with Crippen LogP contribution in [-0.4, -0.2) is 28.2 Å². The normalized spacial score (nSPS) is 16.8. The predicted octanol–water partition coefficient (Wildman–Crippen LogP) is 6.20. The van der Waals surface area contributed by atoms with Crippen molar-refractivity contribution in [3.63, 3.8) is 0 Å². The van der Waals surface area contributed by atoms with Gasteiger partial charge in [0, 0.05) is 35.0 Å². The quantitative estimate of drug-likeness (QED) is 0.403. The third kappa shape index (κ3) is 5.85. The van der Waals surface area contributed by atoms with Crippen molar-refractivity contribution in [2.75, 3.05) is 6.61 Å². The molecular weight excluding hydrogens is 472 g/mol. The van der Waals surface area contributed by atoms with Crippen LogP contribution in [0.5, 0.6) is 11.6 Å². The first-order valence-corrected chi connectivity index (χ1v) is 12.4. The summed E-state index contributed by atoms with van der Waals surface area (Å²) in [5.41, 5.74) is 0.561. The third-order valence-electron chi connectivity index (χ3n) is 5.78. The second kappa shape index (κ2) is 10.4. The van der Waals surface area contributed by atoms with Gasteiger partial charge in [-0.05, 0) is 49.4 Å². The van der Waals surface area contributed by atoms with E-state index >= 15 is 0 Å². The van der Waals surface area contributed by atoms with Crippen LogP contribution in [0, 0.1) is 6.92 Å². The van der Waals surface area contributed by atoms with E-state index in [0.29, 0.717) is 11.3 Å². The van der Waals surface area contributed by atoms with Gasteiger partial charge in [0.1, 0.15) is 5.75 Å². The lowest BCUT2D eigenvalue weighted by atomic mass is 9.93. The molecule has 0 spiro atoms. The first-order chi connectivity index (χ1) is 16.6. The maximum atomic E-state index is 13.5. The number of amides is 1. The molecule has 1 amide bonds. The summed E-state index contributed by atoms with van der Waals surface area (Å²) >= 11 is 1.44. The van der Waals surface area contributed by atoms with Crippen molar-refractivity contribution < 1.29 is 23.0 Å². The number of hydrogen-bond acceptors (Lipinski definition) is 5. The van der Waals surface area contributed by atoms with Crippen LogP contribution in [0.2, 0.25) is 0 Å². The fourth-order valence-corrected chi connectivity index (χ4v) is 5.28. The van der Waals surface area contributed by atoms with Crippen molar-refractivity contribution in [3.05, 3.63) is 69.1 Å². The number of benzene rings is 1. The van der Waals surface area contributed by atoms with E-state index in [1.54, 1.807) is 24.4 Å². The van der Waals surface area contributed by atoms with E-state index in [1.165, 1.54) is 23.5 Å². The monoisotopic (exact) mass is 501 g/mol. The van der Waals surface area contributed by atoms with Crippen LogP contribution in [0.4, 0.5) is 8.78 Å². The smallest absolute Gasteiger partial charge is 0.283 e. The molecule has 3 aromatic rings. The first-order valence-electron chi connectivity index (χ1n) is 11.6. The van der Waals surface area contributed by atoms with E-state index in [9.17, 15) is 13.6 Å². The van der Waals surface area contributed by atoms with Gasteiger partial charge in [-0.15, -0.1) is 11.3 Å². The summed E-state index contributed by atoms with van der Waals surface area (Å²) in [6, 6.07) is 8.83. The number of rotatable bonds is 6. The van der Waals surface area contributed by atoms with Gasteiger partial charge in [-0.3, -0.25) is 4.79 Å². The van der Waals surface area contributed by atoms with Crippen LogP contribution in [0.15, 0.2) is 47.6 Å². The average Bonchev–Trinajstić information content (AvgIpc) is 3.43. The first kappa shape index (κ1) is 25.2. The second-order valence-electron chi connectivity index (χ2n) is 9.54. The van der Waals surface area contributed by atoms with Crippen LogP contribution in [-0.2, 0) is 16.7 Å². The van der Waals surface area contributed by atoms with E-state index < -0.39 is 12.3 Å². The summed E-state index contributed by atoms with van der Waals surface area (Å²) in [5.74, 6) is -0.278. The molecular formula is C26H29F2N3O3S. The molecule has 1 unspecified atom stereocenters. The molecule has 9 heteroatoms. The van der Waals surface area contributed by atoms with Crippen LogP contribution < -0.4 is 9.54 Å². The number of carbonyl (C=O) groups excluding carboxylic acids is 1. The Bertz CT molecular complexity index is 1260. The lowest BCUT2D eigenvalue weighted by Gasteiger charge is -2.18. The molecule has 0 saturated carbocycles. The Labute approximate surface area is 207 Å². The van der Waals surface area contributed by atoms with Crippen molar-refractivity contribution in [2.24, 2.45) is 4.99 Å². The van der Waals surface area contributed by atoms with Gasteiger partial charge in [-0.25, -0.2) is 13.8 Å². The lowest BCUT2D eigenvalue weighted by Crippen LogP contribution is -2.25. The Morgan fingerprint density at radius 2 is 2.11 bits per heavy atom. The average molecular weight is 502 g/mol. The highest BCUT2D eigenvalue weighted by molar-refractivity contribution is 7.09. The minimum absolute atomic E-state index is 0.0412. The van der Waals surface area contributed by atoms with E-state index in [-0.39, 0.29) is 34.3 Å². The highest BCUT2D eigenvalue weighted by Crippen LogP contribution is 2.31. The van der Waals surface area contributed by atoms with Crippen molar-refractivity contribution in [2.45, 2.75) is 65.0 Å². The number of nitrogens with zero attached hydrogens (tertiary/aromatic N) is 3. The van der Waals surface area contributed by atoms with Crippen molar-refractivity contribution >= 4 is 17.2 Å². The summed E-state index contributed by atoms with van der Waals surface area (Å²) < 4.78 is 40.5. The van der Waals surface area contributed by atoms with Crippen LogP contribution in [0.3, 0.4) is 0 Å². The van der Waals surface area contributed by atoms with Crippen LogP contribution in [0.1, 0.15) is 66.5 Å². The summed E-state index contributed by atoms with van der Waals surface area (Å²) in [7, 11) is 0. The van der Waals surface area contributed by atoms with Gasteiger partial charge in [0.25, 0.3) is 12.3 Å². The summed E-state index contributed by atoms with van der Waals surface area (Å²) in [4.78, 5) is 23.5. The Kier molecular flexibility index (Phi) is 7.47. The molecule has 1 saturated heterocycles. The third-order valence-corrected chi connectivity index (χ3v) is 7.39. The number of hydrogen-bond donors (Lipinski definition) is 0. The van der Waals surface area contributed by atoms with Crippen LogP contribution >= 0.6 is 11.3 Å². The number of thiazole rings is 1. The lowest BCUT2D eigenvalue weighted by molar-refractivity contribution is 0.0944. The van der Waals surface area contributed by atoms with Gasteiger partial charge in [0.15, 0.2) is 4.80 Å². The molecule has 35 heavy (non-hydrogen) atoms. The zero-order valence-corrected chi connectivity index (χ0v) is 21.1. The molecule has 2 aromatic heterocycles. The molecule has 1 aliphatic heterocycles. The number of ether oxygens (including phenoxy) is 2. The Balaban J connectivity index is 1.79. The number of carbonyl (C=O) groups is 1. The molecule has 6 nitrogen and oxygen atoms in total. The Hall–Kier alpha value is -2.91.